The van der Waals surface area contributed by atoms with Crippen molar-refractivity contribution in [3.8, 4) is 5.75 Å². The maximum atomic E-state index is 12.1. The molecule has 0 atom stereocenters. The maximum absolute atomic E-state index is 12.1. The Bertz CT molecular complexity index is 1030. The number of aryl methyl sites for hydroxylation is 2. The molecule has 27 heavy (non-hydrogen) atoms. The van der Waals surface area contributed by atoms with Crippen molar-refractivity contribution in [2.45, 2.75) is 20.5 Å². The SMILES string of the molecule is Cc1cc(C2=N/C(=C/c3ccc(OCc4cscn4)cc3)C(=O)O2)c(C)o1. The summed E-state index contributed by atoms with van der Waals surface area (Å²) in [4.78, 5) is 20.6. The zero-order valence-corrected chi connectivity index (χ0v) is 15.6. The fourth-order valence-corrected chi connectivity index (χ4v) is 3.19. The first-order valence-corrected chi connectivity index (χ1v) is 9.22. The highest BCUT2D eigenvalue weighted by molar-refractivity contribution is 7.07. The summed E-state index contributed by atoms with van der Waals surface area (Å²) in [7, 11) is 0. The van der Waals surface area contributed by atoms with Crippen molar-refractivity contribution in [2.75, 3.05) is 0 Å². The van der Waals surface area contributed by atoms with Gasteiger partial charge in [-0.3, -0.25) is 0 Å². The van der Waals surface area contributed by atoms with E-state index in [1.807, 2.05) is 43.5 Å². The topological polar surface area (TPSA) is 73.9 Å². The highest BCUT2D eigenvalue weighted by Gasteiger charge is 2.26. The van der Waals surface area contributed by atoms with Crippen LogP contribution in [-0.4, -0.2) is 16.9 Å². The summed E-state index contributed by atoms with van der Waals surface area (Å²) < 4.78 is 16.4. The first kappa shape index (κ1) is 17.2. The molecule has 136 valence electrons. The van der Waals surface area contributed by atoms with Gasteiger partial charge in [0.2, 0.25) is 5.90 Å². The molecule has 0 radical (unpaired) electrons. The molecule has 0 bridgehead atoms. The van der Waals surface area contributed by atoms with Crippen molar-refractivity contribution in [3.05, 3.63) is 75.3 Å². The molecule has 1 aliphatic heterocycles. The lowest BCUT2D eigenvalue weighted by Crippen LogP contribution is -2.05. The normalized spacial score (nSPS) is 15.1. The smallest absolute Gasteiger partial charge is 0.363 e. The van der Waals surface area contributed by atoms with E-state index in [1.54, 1.807) is 17.7 Å². The predicted molar refractivity (Wildman–Crippen MR) is 102 cm³/mol. The zero-order valence-electron chi connectivity index (χ0n) is 14.8. The van der Waals surface area contributed by atoms with Crippen LogP contribution in [0.25, 0.3) is 6.08 Å². The molecule has 0 N–H and O–H groups in total. The minimum absolute atomic E-state index is 0.249. The van der Waals surface area contributed by atoms with Crippen molar-refractivity contribution < 1.29 is 18.7 Å². The van der Waals surface area contributed by atoms with Crippen LogP contribution >= 0.6 is 11.3 Å². The van der Waals surface area contributed by atoms with Crippen molar-refractivity contribution >= 4 is 29.3 Å². The number of benzene rings is 1. The molecule has 0 saturated heterocycles. The quantitative estimate of drug-likeness (QED) is 0.488. The van der Waals surface area contributed by atoms with Crippen LogP contribution in [0.5, 0.6) is 5.75 Å². The minimum atomic E-state index is -0.480. The molecule has 3 heterocycles. The van der Waals surface area contributed by atoms with Gasteiger partial charge in [-0.05, 0) is 43.7 Å². The number of carbonyl (C=O) groups is 1. The van der Waals surface area contributed by atoms with Gasteiger partial charge < -0.3 is 13.9 Å². The molecule has 4 rings (SSSR count). The number of aromatic nitrogens is 1. The molecular weight excluding hydrogens is 364 g/mol. The number of nitrogens with zero attached hydrogens (tertiary/aromatic N) is 2. The van der Waals surface area contributed by atoms with Gasteiger partial charge in [0.15, 0.2) is 5.70 Å². The second kappa shape index (κ2) is 7.20. The van der Waals surface area contributed by atoms with Crippen LogP contribution in [0.1, 0.15) is 28.3 Å². The number of cyclic esters (lactones) is 1. The highest BCUT2D eigenvalue weighted by Crippen LogP contribution is 2.23. The van der Waals surface area contributed by atoms with Gasteiger partial charge in [0, 0.05) is 5.38 Å². The molecule has 0 saturated carbocycles. The number of carbonyl (C=O) groups excluding carboxylic acids is 1. The van der Waals surface area contributed by atoms with Gasteiger partial charge in [0.25, 0.3) is 0 Å². The monoisotopic (exact) mass is 380 g/mol. The van der Waals surface area contributed by atoms with Crippen LogP contribution in [0, 0.1) is 13.8 Å². The van der Waals surface area contributed by atoms with E-state index in [0.717, 1.165) is 22.8 Å². The molecule has 0 aliphatic carbocycles. The summed E-state index contributed by atoms with van der Waals surface area (Å²) in [5.74, 6) is 1.93. The Hall–Kier alpha value is -3.19. The van der Waals surface area contributed by atoms with Crippen molar-refractivity contribution in [1.29, 1.82) is 0 Å². The van der Waals surface area contributed by atoms with E-state index in [4.69, 9.17) is 13.9 Å². The number of esters is 1. The molecule has 0 unspecified atom stereocenters. The molecular formula is C20H16N2O4S. The Kier molecular flexibility index (Phi) is 4.60. The molecule has 1 aliphatic rings. The fraction of sp³-hybridized carbons (Fsp3) is 0.150. The number of hydrogen-bond acceptors (Lipinski definition) is 7. The molecule has 0 fully saturated rings. The molecule has 1 aromatic carbocycles. The summed E-state index contributed by atoms with van der Waals surface area (Å²) in [5.41, 5.74) is 4.43. The van der Waals surface area contributed by atoms with E-state index >= 15 is 0 Å². The first-order chi connectivity index (χ1) is 13.1. The Morgan fingerprint density at radius 3 is 2.70 bits per heavy atom. The summed E-state index contributed by atoms with van der Waals surface area (Å²) >= 11 is 1.53. The van der Waals surface area contributed by atoms with Crippen molar-refractivity contribution in [3.63, 3.8) is 0 Å². The molecule has 7 heteroatoms. The third-order valence-corrected chi connectivity index (χ3v) is 4.58. The minimum Gasteiger partial charge on any atom is -0.487 e. The highest BCUT2D eigenvalue weighted by atomic mass is 32.1. The third kappa shape index (κ3) is 3.83. The van der Waals surface area contributed by atoms with Gasteiger partial charge in [-0.25, -0.2) is 14.8 Å². The summed E-state index contributed by atoms with van der Waals surface area (Å²) in [6.45, 7) is 4.07. The van der Waals surface area contributed by atoms with E-state index < -0.39 is 5.97 Å². The second-order valence-electron chi connectivity index (χ2n) is 6.00. The molecule has 2 aromatic heterocycles. The molecule has 0 spiro atoms. The number of ether oxygens (including phenoxy) is 2. The lowest BCUT2D eigenvalue weighted by molar-refractivity contribution is -0.129. The Morgan fingerprint density at radius 1 is 1.22 bits per heavy atom. The number of rotatable bonds is 5. The van der Waals surface area contributed by atoms with Crippen LogP contribution in [0.2, 0.25) is 0 Å². The van der Waals surface area contributed by atoms with Gasteiger partial charge in [0.1, 0.15) is 23.9 Å². The van der Waals surface area contributed by atoms with Gasteiger partial charge >= 0.3 is 5.97 Å². The van der Waals surface area contributed by atoms with Gasteiger partial charge in [-0.2, -0.15) is 0 Å². The fourth-order valence-electron chi connectivity index (χ4n) is 2.65. The summed E-state index contributed by atoms with van der Waals surface area (Å²) in [5, 5.41) is 1.95. The van der Waals surface area contributed by atoms with Crippen molar-refractivity contribution in [2.24, 2.45) is 4.99 Å². The van der Waals surface area contributed by atoms with E-state index in [2.05, 4.69) is 9.98 Å². The molecule has 6 nitrogen and oxygen atoms in total. The van der Waals surface area contributed by atoms with Gasteiger partial charge in [0.05, 0.1) is 16.8 Å². The second-order valence-corrected chi connectivity index (χ2v) is 6.72. The third-order valence-electron chi connectivity index (χ3n) is 3.95. The van der Waals surface area contributed by atoms with E-state index in [1.165, 1.54) is 11.3 Å². The average molecular weight is 380 g/mol. The van der Waals surface area contributed by atoms with E-state index in [9.17, 15) is 4.79 Å². The first-order valence-electron chi connectivity index (χ1n) is 8.28. The largest absolute Gasteiger partial charge is 0.487 e. The lowest BCUT2D eigenvalue weighted by Gasteiger charge is -2.04. The van der Waals surface area contributed by atoms with Crippen LogP contribution in [-0.2, 0) is 16.1 Å². The zero-order chi connectivity index (χ0) is 18.8. The van der Waals surface area contributed by atoms with E-state index in [0.29, 0.717) is 17.9 Å². The van der Waals surface area contributed by atoms with Gasteiger partial charge in [-0.15, -0.1) is 11.3 Å². The number of aliphatic imine (C=N–C) groups is 1. The Balaban J connectivity index is 1.49. The van der Waals surface area contributed by atoms with E-state index in [-0.39, 0.29) is 11.6 Å². The summed E-state index contributed by atoms with van der Waals surface area (Å²) in [6.07, 6.45) is 1.68. The van der Waals surface area contributed by atoms with Gasteiger partial charge in [-0.1, -0.05) is 12.1 Å². The predicted octanol–water partition coefficient (Wildman–Crippen LogP) is 4.28. The lowest BCUT2D eigenvalue weighted by atomic mass is 10.2. The maximum Gasteiger partial charge on any atom is 0.363 e. The number of thiazole rings is 1. The van der Waals surface area contributed by atoms with Crippen LogP contribution in [0.3, 0.4) is 0 Å². The molecule has 0 amide bonds. The van der Waals surface area contributed by atoms with Crippen molar-refractivity contribution in [1.82, 2.24) is 4.98 Å². The summed E-state index contributed by atoms with van der Waals surface area (Å²) in [6, 6.07) is 9.20. The van der Waals surface area contributed by atoms with Crippen LogP contribution in [0.15, 0.2) is 56.3 Å². The standard InChI is InChI=1S/C20H16N2O4S/c1-12-7-17(13(2)25-12)19-22-18(20(23)26-19)8-14-3-5-16(6-4-14)24-9-15-10-27-11-21-15/h3-8,10-11H,9H2,1-2H3/b18-8+. The Morgan fingerprint density at radius 2 is 2.04 bits per heavy atom. The number of hydrogen-bond donors (Lipinski definition) is 0. The Labute approximate surface area is 159 Å². The average Bonchev–Trinajstić information content (AvgIpc) is 3.36. The van der Waals surface area contributed by atoms with Crippen LogP contribution < -0.4 is 4.74 Å². The van der Waals surface area contributed by atoms with Crippen LogP contribution in [0.4, 0.5) is 0 Å². The number of furan rings is 1. The molecule has 3 aromatic rings.